The Hall–Kier alpha value is -4.42. The number of fused-ring (bicyclic) bond motifs is 4. The molecule has 2 aliphatic heterocycles. The third kappa shape index (κ3) is 8.37. The zero-order valence-electron chi connectivity index (χ0n) is 32.6. The highest BCUT2D eigenvalue weighted by Gasteiger charge is 2.26. The number of piperidine rings is 2. The molecule has 10 rings (SSSR count). The highest BCUT2D eigenvalue weighted by Crippen LogP contribution is 2.38. The van der Waals surface area contributed by atoms with Crippen LogP contribution in [0.4, 0.5) is 0 Å². The summed E-state index contributed by atoms with van der Waals surface area (Å²) in [4.78, 5) is 7.98. The number of benzene rings is 6. The van der Waals surface area contributed by atoms with Crippen molar-refractivity contribution in [2.75, 3.05) is 40.3 Å². The molecule has 2 aliphatic rings. The van der Waals surface area contributed by atoms with Crippen molar-refractivity contribution >= 4 is 89.8 Å². The van der Waals surface area contributed by atoms with Crippen molar-refractivity contribution in [1.82, 2.24) is 30.2 Å². The molecule has 300 valence electrons. The molecule has 0 spiro atoms. The summed E-state index contributed by atoms with van der Waals surface area (Å²) in [6.45, 7) is 4.41. The minimum absolute atomic E-state index is 0. The molecule has 0 bridgehead atoms. The Labute approximate surface area is 356 Å². The van der Waals surface area contributed by atoms with Crippen LogP contribution in [0.25, 0.3) is 43.4 Å². The number of nitrogens with one attached hydrogen (secondary N) is 2. The van der Waals surface area contributed by atoms with Crippen molar-refractivity contribution in [2.45, 2.75) is 57.1 Å². The fraction of sp³-hybridized carbons (Fsp3) is 0.261. The van der Waals surface area contributed by atoms with E-state index in [-0.39, 0.29) is 24.8 Å². The zero-order chi connectivity index (χ0) is 38.2. The first-order valence-corrected chi connectivity index (χ1v) is 21.8. The number of rotatable bonds is 6. The third-order valence-corrected chi connectivity index (χ3v) is 14.6. The van der Waals surface area contributed by atoms with Crippen molar-refractivity contribution in [2.24, 2.45) is 0 Å². The molecule has 0 unspecified atom stereocenters. The van der Waals surface area contributed by atoms with E-state index in [4.69, 9.17) is 0 Å². The number of aromatic nitrogens is 4. The van der Waals surface area contributed by atoms with Gasteiger partial charge in [-0.15, -0.1) is 24.8 Å². The molecule has 12 heteroatoms. The van der Waals surface area contributed by atoms with Crippen LogP contribution in [0.1, 0.15) is 48.9 Å². The summed E-state index contributed by atoms with van der Waals surface area (Å²) >= 11 is 1.84. The molecule has 2 fully saturated rings. The summed E-state index contributed by atoms with van der Waals surface area (Å²) in [7, 11) is 0.703. The van der Waals surface area contributed by atoms with Crippen molar-refractivity contribution in [1.29, 1.82) is 0 Å². The molecule has 8 aromatic rings. The summed E-state index contributed by atoms with van der Waals surface area (Å²) in [6, 6.07) is 40.1. The van der Waals surface area contributed by atoms with Gasteiger partial charge in [-0.05, 0) is 131 Å². The Kier molecular flexibility index (Phi) is 12.8. The predicted octanol–water partition coefficient (Wildman–Crippen LogP) is 10.9. The second kappa shape index (κ2) is 17.8. The van der Waals surface area contributed by atoms with Crippen molar-refractivity contribution < 1.29 is 8.42 Å². The lowest BCUT2D eigenvalue weighted by Crippen LogP contribution is -2.29. The molecule has 8 nitrogen and oxygen atoms in total. The molecule has 58 heavy (non-hydrogen) atoms. The maximum Gasteiger partial charge on any atom is 0.207 e. The predicted molar refractivity (Wildman–Crippen MR) is 243 cm³/mol. The van der Waals surface area contributed by atoms with Gasteiger partial charge in [0.25, 0.3) is 0 Å². The Morgan fingerprint density at radius 3 is 1.69 bits per heavy atom. The quantitative estimate of drug-likeness (QED) is 0.172. The number of sulfone groups is 1. The Morgan fingerprint density at radius 1 is 0.569 bits per heavy atom. The van der Waals surface area contributed by atoms with Gasteiger partial charge in [-0.25, -0.2) is 8.42 Å². The summed E-state index contributed by atoms with van der Waals surface area (Å²) in [5.41, 5.74) is 4.27. The standard InChI is InChI=1S/C23H23N3O2S.C23H23N3S.2ClH/c1-26-13-11-17(12-14-26)23-20-15-18(9-10-21(20)24-25-23)29(27,28)22-8-4-6-16-5-2-3-7-19(16)22;1-26-13-11-17(12-14-26)23-20-15-18(9-10-21(20)24-25-23)27-22-8-4-6-16-5-2-3-7-19(16)22;;/h2-10,15,17H,11-14H2,1H3,(H,24,25);2-10,15,17H,11-14H2,1H3,(H,24,25);2*1H. The van der Waals surface area contributed by atoms with E-state index in [2.05, 4.69) is 105 Å². The average Bonchev–Trinajstić information content (AvgIpc) is 3.86. The van der Waals surface area contributed by atoms with Crippen molar-refractivity contribution in [3.63, 3.8) is 0 Å². The molecule has 0 amide bonds. The first-order chi connectivity index (χ1) is 27.3. The largest absolute Gasteiger partial charge is 0.306 e. The number of H-pyrrole nitrogens is 2. The fourth-order valence-electron chi connectivity index (χ4n) is 8.43. The number of hydrogen-bond donors (Lipinski definition) is 2. The van der Waals surface area contributed by atoms with Crippen LogP contribution in [0.15, 0.2) is 141 Å². The molecular weight excluding hydrogens is 804 g/mol. The van der Waals surface area contributed by atoms with E-state index in [1.165, 1.54) is 44.5 Å². The Balaban J connectivity index is 0.000000171. The van der Waals surface area contributed by atoms with Gasteiger partial charge in [-0.2, -0.15) is 10.2 Å². The van der Waals surface area contributed by atoms with Gasteiger partial charge in [0.05, 0.1) is 20.8 Å². The van der Waals surface area contributed by atoms with Gasteiger partial charge < -0.3 is 9.80 Å². The second-order valence-electron chi connectivity index (χ2n) is 15.3. The highest BCUT2D eigenvalue weighted by molar-refractivity contribution is 7.99. The minimum Gasteiger partial charge on any atom is -0.306 e. The lowest BCUT2D eigenvalue weighted by atomic mass is 9.92. The maximum atomic E-state index is 13.5. The number of aromatic amines is 2. The van der Waals surface area contributed by atoms with Crippen LogP contribution in [-0.2, 0) is 9.84 Å². The molecule has 2 N–H and O–H groups in total. The van der Waals surface area contributed by atoms with E-state index in [1.807, 2.05) is 48.2 Å². The average molecular weight is 852 g/mol. The van der Waals surface area contributed by atoms with Crippen LogP contribution >= 0.6 is 36.6 Å². The van der Waals surface area contributed by atoms with Crippen molar-refractivity contribution in [3.8, 4) is 0 Å². The molecular formula is C46H48Cl2N6O2S2. The number of hydrogen-bond acceptors (Lipinski definition) is 7. The van der Waals surface area contributed by atoms with Crippen LogP contribution < -0.4 is 0 Å². The molecule has 4 heterocycles. The third-order valence-electron chi connectivity index (χ3n) is 11.7. The molecule has 0 radical (unpaired) electrons. The highest BCUT2D eigenvalue weighted by atomic mass is 35.5. The smallest absolute Gasteiger partial charge is 0.207 e. The summed E-state index contributed by atoms with van der Waals surface area (Å²) in [5.74, 6) is 0.968. The maximum absolute atomic E-state index is 13.5. The second-order valence-corrected chi connectivity index (χ2v) is 18.4. The van der Waals surface area contributed by atoms with Gasteiger partial charge in [0, 0.05) is 49.2 Å². The van der Waals surface area contributed by atoms with Gasteiger partial charge in [-0.1, -0.05) is 84.6 Å². The molecule has 2 saturated heterocycles. The van der Waals surface area contributed by atoms with E-state index in [0.717, 1.165) is 71.9 Å². The van der Waals surface area contributed by atoms with E-state index in [1.54, 1.807) is 24.3 Å². The molecule has 2 aromatic heterocycles. The molecule has 6 aromatic carbocycles. The number of halogens is 2. The Morgan fingerprint density at radius 2 is 1.07 bits per heavy atom. The lowest BCUT2D eigenvalue weighted by Gasteiger charge is -2.28. The van der Waals surface area contributed by atoms with Crippen LogP contribution in [0.3, 0.4) is 0 Å². The van der Waals surface area contributed by atoms with Gasteiger partial charge in [0.1, 0.15) is 0 Å². The van der Waals surface area contributed by atoms with E-state index in [9.17, 15) is 8.42 Å². The van der Waals surface area contributed by atoms with E-state index < -0.39 is 9.84 Å². The van der Waals surface area contributed by atoms with Gasteiger partial charge in [-0.3, -0.25) is 10.2 Å². The van der Waals surface area contributed by atoms with E-state index >= 15 is 0 Å². The lowest BCUT2D eigenvalue weighted by molar-refractivity contribution is 0.254. The van der Waals surface area contributed by atoms with Crippen LogP contribution in [0.5, 0.6) is 0 Å². The Bertz CT molecular complexity index is 2780. The minimum atomic E-state index is -3.64. The number of nitrogens with zero attached hydrogens (tertiary/aromatic N) is 4. The number of likely N-dealkylation sites (tertiary alicyclic amines) is 2. The summed E-state index contributed by atoms with van der Waals surface area (Å²) in [6.07, 6.45) is 4.51. The molecule has 0 saturated carbocycles. The van der Waals surface area contributed by atoms with Gasteiger partial charge >= 0.3 is 0 Å². The van der Waals surface area contributed by atoms with Crippen LogP contribution in [-0.4, -0.2) is 78.9 Å². The zero-order valence-corrected chi connectivity index (χ0v) is 35.9. The van der Waals surface area contributed by atoms with Gasteiger partial charge in [0.15, 0.2) is 0 Å². The summed E-state index contributed by atoms with van der Waals surface area (Å²) < 4.78 is 27.0. The normalized spacial score (nSPS) is 15.9. The first kappa shape index (κ1) is 41.7. The fourth-order valence-corrected chi connectivity index (χ4v) is 11.0. The van der Waals surface area contributed by atoms with Crippen LogP contribution in [0.2, 0.25) is 0 Å². The van der Waals surface area contributed by atoms with Crippen LogP contribution in [0, 0.1) is 0 Å². The SMILES string of the molecule is CN1CCC(c2[nH]nc3ccc(S(=O)(=O)c4cccc5ccccc45)cc23)CC1.CN1CCC(c2[nH]nc3ccc(Sc4cccc5ccccc45)cc23)CC1.Cl.Cl. The summed E-state index contributed by atoms with van der Waals surface area (Å²) in [5, 5.41) is 22.0. The first-order valence-electron chi connectivity index (χ1n) is 19.5. The van der Waals surface area contributed by atoms with Gasteiger partial charge in [0.2, 0.25) is 9.84 Å². The van der Waals surface area contributed by atoms with E-state index in [0.29, 0.717) is 21.6 Å². The topological polar surface area (TPSA) is 98.0 Å². The van der Waals surface area contributed by atoms with Crippen molar-refractivity contribution in [3.05, 3.63) is 133 Å². The molecule has 0 aliphatic carbocycles. The monoisotopic (exact) mass is 850 g/mol. The molecule has 0 atom stereocenters.